The van der Waals surface area contributed by atoms with Gasteiger partial charge in [0.15, 0.2) is 0 Å². The van der Waals surface area contributed by atoms with Crippen LogP contribution in [0.5, 0.6) is 0 Å². The first-order valence-corrected chi connectivity index (χ1v) is 4.75. The molecule has 1 amide bonds. The molecule has 4 heteroatoms. The Morgan fingerprint density at radius 3 is 2.54 bits per heavy atom. The molecule has 0 aliphatic rings. The van der Waals surface area contributed by atoms with Gasteiger partial charge in [0, 0.05) is 5.92 Å². The van der Waals surface area contributed by atoms with Crippen LogP contribution in [0.2, 0.25) is 0 Å². The molecule has 0 heterocycles. The zero-order chi connectivity index (χ0) is 10.3. The maximum atomic E-state index is 10.3. The summed E-state index contributed by atoms with van der Waals surface area (Å²) in [6.45, 7) is 4.03. The highest BCUT2D eigenvalue weighted by Gasteiger charge is 2.19. The Morgan fingerprint density at radius 2 is 2.15 bits per heavy atom. The van der Waals surface area contributed by atoms with Gasteiger partial charge >= 0.3 is 6.09 Å². The molecule has 0 bridgehead atoms. The van der Waals surface area contributed by atoms with Crippen LogP contribution in [-0.4, -0.2) is 17.5 Å². The summed E-state index contributed by atoms with van der Waals surface area (Å²) < 4.78 is 4.49. The number of aliphatic hydroxyl groups is 1. The van der Waals surface area contributed by atoms with E-state index >= 15 is 0 Å². The topological polar surface area (TPSA) is 72.6 Å². The quantitative estimate of drug-likeness (QED) is 0.623. The van der Waals surface area contributed by atoms with Crippen LogP contribution < -0.4 is 5.73 Å². The SMILES string of the molecule is CCCCC(CC)C(O)OC(N)=O. The molecule has 0 aromatic carbocycles. The number of hydrogen-bond donors (Lipinski definition) is 2. The maximum absolute atomic E-state index is 10.3. The Morgan fingerprint density at radius 1 is 1.54 bits per heavy atom. The van der Waals surface area contributed by atoms with Gasteiger partial charge in [-0.05, 0) is 12.8 Å². The summed E-state index contributed by atoms with van der Waals surface area (Å²) >= 11 is 0. The van der Waals surface area contributed by atoms with Crippen LogP contribution in [0.3, 0.4) is 0 Å². The van der Waals surface area contributed by atoms with Crippen LogP contribution in [-0.2, 0) is 4.74 Å². The minimum absolute atomic E-state index is 0.00690. The molecule has 0 radical (unpaired) electrons. The highest BCUT2D eigenvalue weighted by atomic mass is 16.6. The summed E-state index contributed by atoms with van der Waals surface area (Å²) in [6, 6.07) is 0. The number of hydrogen-bond acceptors (Lipinski definition) is 3. The normalized spacial score (nSPS) is 15.0. The Hall–Kier alpha value is -0.770. The molecule has 0 aliphatic heterocycles. The van der Waals surface area contributed by atoms with Crippen LogP contribution in [0.1, 0.15) is 39.5 Å². The molecule has 0 aromatic rings. The summed E-state index contributed by atoms with van der Waals surface area (Å²) in [5, 5.41) is 9.38. The van der Waals surface area contributed by atoms with Gasteiger partial charge in [0.25, 0.3) is 0 Å². The lowest BCUT2D eigenvalue weighted by Crippen LogP contribution is -2.29. The standard InChI is InChI=1S/C9H19NO3/c1-3-5-6-7(4-2)8(11)13-9(10)12/h7-8,11H,3-6H2,1-2H3,(H2,10,12). The van der Waals surface area contributed by atoms with Gasteiger partial charge in [-0.3, -0.25) is 0 Å². The third kappa shape index (κ3) is 5.47. The van der Waals surface area contributed by atoms with Crippen molar-refractivity contribution in [3.05, 3.63) is 0 Å². The van der Waals surface area contributed by atoms with E-state index in [1.807, 2.05) is 6.92 Å². The van der Waals surface area contributed by atoms with E-state index < -0.39 is 12.4 Å². The van der Waals surface area contributed by atoms with E-state index in [0.29, 0.717) is 0 Å². The average Bonchev–Trinajstić information content (AvgIpc) is 2.04. The highest BCUT2D eigenvalue weighted by molar-refractivity contribution is 5.64. The average molecular weight is 189 g/mol. The first-order chi connectivity index (χ1) is 6.11. The number of carbonyl (C=O) groups excluding carboxylic acids is 1. The van der Waals surface area contributed by atoms with Crippen LogP contribution in [0, 0.1) is 5.92 Å². The Kier molecular flexibility index (Phi) is 6.32. The van der Waals surface area contributed by atoms with Gasteiger partial charge in [-0.25, -0.2) is 4.79 Å². The van der Waals surface area contributed by atoms with E-state index in [1.54, 1.807) is 0 Å². The van der Waals surface area contributed by atoms with Gasteiger partial charge in [-0.15, -0.1) is 0 Å². The van der Waals surface area contributed by atoms with E-state index in [0.717, 1.165) is 25.7 Å². The lowest BCUT2D eigenvalue weighted by Gasteiger charge is -2.20. The number of ether oxygens (including phenoxy) is 1. The molecule has 78 valence electrons. The summed E-state index contributed by atoms with van der Waals surface area (Å²) in [7, 11) is 0. The fourth-order valence-electron chi connectivity index (χ4n) is 1.23. The Labute approximate surface area is 79.1 Å². The third-order valence-electron chi connectivity index (χ3n) is 2.09. The molecule has 0 fully saturated rings. The monoisotopic (exact) mass is 189 g/mol. The number of nitrogens with two attached hydrogens (primary N) is 1. The summed E-state index contributed by atoms with van der Waals surface area (Å²) in [5.74, 6) is 0.00690. The lowest BCUT2D eigenvalue weighted by atomic mass is 9.99. The molecular weight excluding hydrogens is 170 g/mol. The van der Waals surface area contributed by atoms with E-state index in [4.69, 9.17) is 5.73 Å². The van der Waals surface area contributed by atoms with Gasteiger partial charge in [0.1, 0.15) is 0 Å². The molecule has 0 spiro atoms. The van der Waals surface area contributed by atoms with Crippen LogP contribution >= 0.6 is 0 Å². The van der Waals surface area contributed by atoms with E-state index in [9.17, 15) is 9.90 Å². The van der Waals surface area contributed by atoms with Crippen molar-refractivity contribution in [1.29, 1.82) is 0 Å². The second kappa shape index (κ2) is 6.71. The van der Waals surface area contributed by atoms with Crippen molar-refractivity contribution < 1.29 is 14.6 Å². The summed E-state index contributed by atoms with van der Waals surface area (Å²) in [6.07, 6.45) is 1.78. The van der Waals surface area contributed by atoms with Gasteiger partial charge in [-0.1, -0.05) is 26.7 Å². The van der Waals surface area contributed by atoms with Gasteiger partial charge < -0.3 is 15.6 Å². The zero-order valence-corrected chi connectivity index (χ0v) is 8.32. The number of rotatable bonds is 6. The van der Waals surface area contributed by atoms with Crippen LogP contribution in [0.25, 0.3) is 0 Å². The molecule has 2 atom stereocenters. The minimum atomic E-state index is -1.05. The van der Waals surface area contributed by atoms with E-state index in [-0.39, 0.29) is 5.92 Å². The van der Waals surface area contributed by atoms with Gasteiger partial charge in [0.2, 0.25) is 6.29 Å². The second-order valence-corrected chi connectivity index (χ2v) is 3.14. The van der Waals surface area contributed by atoms with Crippen molar-refractivity contribution in [2.24, 2.45) is 11.7 Å². The molecule has 13 heavy (non-hydrogen) atoms. The zero-order valence-electron chi connectivity index (χ0n) is 8.32. The number of unbranched alkanes of at least 4 members (excludes halogenated alkanes) is 1. The smallest absolute Gasteiger partial charge is 0.406 e. The Balaban J connectivity index is 3.83. The predicted octanol–water partition coefficient (Wildman–Crippen LogP) is 1.62. The van der Waals surface area contributed by atoms with Crippen LogP contribution in [0.15, 0.2) is 0 Å². The first-order valence-electron chi connectivity index (χ1n) is 4.75. The van der Waals surface area contributed by atoms with Gasteiger partial charge in [0.05, 0.1) is 0 Å². The number of primary amides is 1. The van der Waals surface area contributed by atoms with Crippen molar-refractivity contribution in [1.82, 2.24) is 0 Å². The van der Waals surface area contributed by atoms with Crippen LogP contribution in [0.4, 0.5) is 4.79 Å². The molecule has 0 aromatic heterocycles. The number of aliphatic hydroxyl groups excluding tert-OH is 1. The second-order valence-electron chi connectivity index (χ2n) is 3.14. The third-order valence-corrected chi connectivity index (χ3v) is 2.09. The molecule has 0 aliphatic carbocycles. The molecule has 0 saturated carbocycles. The van der Waals surface area contributed by atoms with Crippen molar-refractivity contribution in [3.63, 3.8) is 0 Å². The minimum Gasteiger partial charge on any atom is -0.420 e. The maximum Gasteiger partial charge on any atom is 0.406 e. The summed E-state index contributed by atoms with van der Waals surface area (Å²) in [5.41, 5.74) is 4.79. The molecular formula is C9H19NO3. The van der Waals surface area contributed by atoms with Gasteiger partial charge in [-0.2, -0.15) is 0 Å². The highest BCUT2D eigenvalue weighted by Crippen LogP contribution is 2.17. The largest absolute Gasteiger partial charge is 0.420 e. The fourth-order valence-corrected chi connectivity index (χ4v) is 1.23. The predicted molar refractivity (Wildman–Crippen MR) is 50.0 cm³/mol. The number of amides is 1. The van der Waals surface area contributed by atoms with Crippen molar-refractivity contribution in [2.75, 3.05) is 0 Å². The van der Waals surface area contributed by atoms with E-state index in [1.165, 1.54) is 0 Å². The van der Waals surface area contributed by atoms with Crippen molar-refractivity contribution >= 4 is 6.09 Å². The van der Waals surface area contributed by atoms with Crippen molar-refractivity contribution in [2.45, 2.75) is 45.8 Å². The first kappa shape index (κ1) is 12.2. The molecule has 3 N–H and O–H groups in total. The fraction of sp³-hybridized carbons (Fsp3) is 0.889. The summed E-state index contributed by atoms with van der Waals surface area (Å²) in [4.78, 5) is 10.3. The number of carbonyl (C=O) groups is 1. The van der Waals surface area contributed by atoms with E-state index in [2.05, 4.69) is 11.7 Å². The molecule has 2 unspecified atom stereocenters. The molecule has 0 saturated heterocycles. The Bertz CT molecular complexity index is 150. The molecule has 4 nitrogen and oxygen atoms in total. The lowest BCUT2D eigenvalue weighted by molar-refractivity contribution is -0.0910. The van der Waals surface area contributed by atoms with Crippen molar-refractivity contribution in [3.8, 4) is 0 Å². The molecule has 0 rings (SSSR count).